The van der Waals surface area contributed by atoms with Crippen LogP contribution in [-0.4, -0.2) is 36.1 Å². The lowest BCUT2D eigenvalue weighted by atomic mass is 10.0. The van der Waals surface area contributed by atoms with Gasteiger partial charge in [0.1, 0.15) is 6.04 Å². The maximum Gasteiger partial charge on any atom is 0.337 e. The van der Waals surface area contributed by atoms with E-state index in [2.05, 4.69) is 10.1 Å². The van der Waals surface area contributed by atoms with Crippen LogP contribution in [0.4, 0.5) is 0 Å². The van der Waals surface area contributed by atoms with E-state index in [0.29, 0.717) is 0 Å². The Morgan fingerprint density at radius 3 is 2.35 bits per heavy atom. The molecular formula is C20H21NO5. The summed E-state index contributed by atoms with van der Waals surface area (Å²) >= 11 is 0. The standard InChI is InChI=1S/C20H21NO5/c1-12-7-8-14(9-13(12)2)10-17(19(23)24)21-18(22)15-5-4-6-16(11-15)20(25)26-3/h4-9,11,17H,10H2,1-3H3,(H,21,22)(H,23,24)/t17-/m1/s1. The van der Waals surface area contributed by atoms with Crippen LogP contribution in [0.5, 0.6) is 0 Å². The number of rotatable bonds is 6. The molecule has 1 amide bonds. The lowest BCUT2D eigenvalue weighted by Gasteiger charge is -2.16. The largest absolute Gasteiger partial charge is 0.480 e. The van der Waals surface area contributed by atoms with Crippen molar-refractivity contribution in [2.45, 2.75) is 26.3 Å². The van der Waals surface area contributed by atoms with E-state index in [1.165, 1.54) is 25.3 Å². The topological polar surface area (TPSA) is 92.7 Å². The molecule has 136 valence electrons. The summed E-state index contributed by atoms with van der Waals surface area (Å²) in [6.07, 6.45) is 0.166. The zero-order valence-corrected chi connectivity index (χ0v) is 14.9. The van der Waals surface area contributed by atoms with E-state index in [-0.39, 0.29) is 17.5 Å². The summed E-state index contributed by atoms with van der Waals surface area (Å²) in [5, 5.41) is 12.0. The fourth-order valence-corrected chi connectivity index (χ4v) is 2.51. The maximum absolute atomic E-state index is 12.4. The monoisotopic (exact) mass is 355 g/mol. The summed E-state index contributed by atoms with van der Waals surface area (Å²) in [7, 11) is 1.25. The quantitative estimate of drug-likeness (QED) is 0.777. The molecule has 0 spiro atoms. The fraction of sp³-hybridized carbons (Fsp3) is 0.250. The van der Waals surface area contributed by atoms with Crippen molar-refractivity contribution in [2.75, 3.05) is 7.11 Å². The second-order valence-electron chi connectivity index (χ2n) is 6.06. The van der Waals surface area contributed by atoms with Crippen LogP contribution in [0.3, 0.4) is 0 Å². The minimum Gasteiger partial charge on any atom is -0.480 e. The van der Waals surface area contributed by atoms with Crippen LogP contribution in [0.15, 0.2) is 42.5 Å². The highest BCUT2D eigenvalue weighted by molar-refractivity contribution is 5.99. The van der Waals surface area contributed by atoms with Crippen LogP contribution in [0.1, 0.15) is 37.4 Å². The van der Waals surface area contributed by atoms with Crippen molar-refractivity contribution >= 4 is 17.8 Å². The van der Waals surface area contributed by atoms with Crippen molar-refractivity contribution in [3.63, 3.8) is 0 Å². The number of aryl methyl sites for hydroxylation is 2. The van der Waals surface area contributed by atoms with Crippen molar-refractivity contribution in [3.05, 3.63) is 70.3 Å². The highest BCUT2D eigenvalue weighted by Gasteiger charge is 2.22. The highest BCUT2D eigenvalue weighted by Crippen LogP contribution is 2.13. The molecule has 6 heteroatoms. The Balaban J connectivity index is 2.16. The third-order valence-corrected chi connectivity index (χ3v) is 4.16. The zero-order valence-electron chi connectivity index (χ0n) is 14.9. The van der Waals surface area contributed by atoms with Crippen LogP contribution < -0.4 is 5.32 Å². The molecule has 0 aliphatic heterocycles. The zero-order chi connectivity index (χ0) is 19.3. The Bertz CT molecular complexity index is 844. The summed E-state index contributed by atoms with van der Waals surface area (Å²) in [5.74, 6) is -2.25. The molecule has 0 unspecified atom stereocenters. The first-order valence-corrected chi connectivity index (χ1v) is 8.10. The van der Waals surface area contributed by atoms with Crippen molar-refractivity contribution in [1.82, 2.24) is 5.32 Å². The Hall–Kier alpha value is -3.15. The number of carboxylic acids is 1. The molecule has 0 aliphatic carbocycles. The van der Waals surface area contributed by atoms with Gasteiger partial charge in [0.15, 0.2) is 0 Å². The number of ether oxygens (including phenoxy) is 1. The number of amides is 1. The van der Waals surface area contributed by atoms with Gasteiger partial charge >= 0.3 is 11.9 Å². The Labute approximate surface area is 151 Å². The summed E-state index contributed by atoms with van der Waals surface area (Å²) in [4.78, 5) is 35.5. The molecule has 0 fully saturated rings. The van der Waals surface area contributed by atoms with Crippen LogP contribution >= 0.6 is 0 Å². The number of hydrogen-bond acceptors (Lipinski definition) is 4. The maximum atomic E-state index is 12.4. The van der Waals surface area contributed by atoms with E-state index in [0.717, 1.165) is 16.7 Å². The molecule has 2 N–H and O–H groups in total. The number of aliphatic carboxylic acids is 1. The van der Waals surface area contributed by atoms with E-state index in [1.54, 1.807) is 6.07 Å². The lowest BCUT2D eigenvalue weighted by Crippen LogP contribution is -2.42. The van der Waals surface area contributed by atoms with Crippen molar-refractivity contribution in [2.24, 2.45) is 0 Å². The van der Waals surface area contributed by atoms with Gasteiger partial charge in [0, 0.05) is 12.0 Å². The molecule has 26 heavy (non-hydrogen) atoms. The Kier molecular flexibility index (Phi) is 6.11. The van der Waals surface area contributed by atoms with Gasteiger partial charge in [-0.2, -0.15) is 0 Å². The SMILES string of the molecule is COC(=O)c1cccc(C(=O)N[C@H](Cc2ccc(C)c(C)c2)C(=O)O)c1. The van der Waals surface area contributed by atoms with Crippen LogP contribution in [0.2, 0.25) is 0 Å². The van der Waals surface area contributed by atoms with Gasteiger partial charge in [-0.15, -0.1) is 0 Å². The number of esters is 1. The predicted octanol–water partition coefficient (Wildman–Crippen LogP) is 2.52. The molecule has 0 saturated heterocycles. The van der Waals surface area contributed by atoms with Crippen molar-refractivity contribution in [3.8, 4) is 0 Å². The summed E-state index contributed by atoms with van der Waals surface area (Å²) in [5.41, 5.74) is 3.41. The number of hydrogen-bond donors (Lipinski definition) is 2. The first kappa shape index (κ1) is 19.2. The molecule has 2 rings (SSSR count). The number of methoxy groups -OCH3 is 1. The number of nitrogens with one attached hydrogen (secondary N) is 1. The first-order valence-electron chi connectivity index (χ1n) is 8.10. The van der Waals surface area contributed by atoms with E-state index in [1.807, 2.05) is 32.0 Å². The summed E-state index contributed by atoms with van der Waals surface area (Å²) in [6.45, 7) is 3.93. The van der Waals surface area contributed by atoms with Gasteiger partial charge in [0.25, 0.3) is 5.91 Å². The second kappa shape index (κ2) is 8.29. The average Bonchev–Trinajstić information content (AvgIpc) is 2.63. The van der Waals surface area contributed by atoms with E-state index >= 15 is 0 Å². The van der Waals surface area contributed by atoms with E-state index in [9.17, 15) is 19.5 Å². The molecule has 0 saturated carbocycles. The van der Waals surface area contributed by atoms with Crippen molar-refractivity contribution < 1.29 is 24.2 Å². The first-order chi connectivity index (χ1) is 12.3. The summed E-state index contributed by atoms with van der Waals surface area (Å²) < 4.78 is 4.63. The molecule has 2 aromatic carbocycles. The van der Waals surface area contributed by atoms with E-state index in [4.69, 9.17) is 0 Å². The average molecular weight is 355 g/mol. The molecule has 0 radical (unpaired) electrons. The fourth-order valence-electron chi connectivity index (χ4n) is 2.51. The van der Waals surface area contributed by atoms with Gasteiger partial charge in [-0.3, -0.25) is 4.79 Å². The number of carboxylic acid groups (broad SMARTS) is 1. The third-order valence-electron chi connectivity index (χ3n) is 4.16. The molecule has 0 bridgehead atoms. The molecule has 0 aromatic heterocycles. The predicted molar refractivity (Wildman–Crippen MR) is 96.3 cm³/mol. The second-order valence-corrected chi connectivity index (χ2v) is 6.06. The minimum atomic E-state index is -1.12. The van der Waals surface area contributed by atoms with Crippen LogP contribution in [-0.2, 0) is 16.0 Å². The minimum absolute atomic E-state index is 0.166. The van der Waals surface area contributed by atoms with Gasteiger partial charge in [-0.25, -0.2) is 9.59 Å². The Morgan fingerprint density at radius 2 is 1.73 bits per heavy atom. The highest BCUT2D eigenvalue weighted by atomic mass is 16.5. The van der Waals surface area contributed by atoms with Crippen LogP contribution in [0, 0.1) is 13.8 Å². The van der Waals surface area contributed by atoms with Crippen molar-refractivity contribution in [1.29, 1.82) is 0 Å². The molecule has 6 nitrogen and oxygen atoms in total. The molecule has 1 atom stereocenters. The lowest BCUT2D eigenvalue weighted by molar-refractivity contribution is -0.139. The summed E-state index contributed by atoms with van der Waals surface area (Å²) in [6, 6.07) is 10.5. The van der Waals surface area contributed by atoms with Gasteiger partial charge in [0.2, 0.25) is 0 Å². The normalized spacial score (nSPS) is 11.5. The molecular weight excluding hydrogens is 334 g/mol. The van der Waals surface area contributed by atoms with E-state index < -0.39 is 23.9 Å². The van der Waals surface area contributed by atoms with Gasteiger partial charge < -0.3 is 15.2 Å². The van der Waals surface area contributed by atoms with Crippen LogP contribution in [0.25, 0.3) is 0 Å². The Morgan fingerprint density at radius 1 is 1.04 bits per heavy atom. The van der Waals surface area contributed by atoms with Gasteiger partial charge in [-0.1, -0.05) is 24.3 Å². The third kappa shape index (κ3) is 4.69. The molecule has 0 heterocycles. The molecule has 0 aliphatic rings. The number of carbonyl (C=O) groups excluding carboxylic acids is 2. The smallest absolute Gasteiger partial charge is 0.337 e. The number of benzene rings is 2. The molecule has 2 aromatic rings. The van der Waals surface area contributed by atoms with Gasteiger partial charge in [-0.05, 0) is 48.7 Å². The number of carbonyl (C=O) groups is 3. The van der Waals surface area contributed by atoms with Gasteiger partial charge in [0.05, 0.1) is 12.7 Å².